The lowest BCUT2D eigenvalue weighted by atomic mass is 10.1. The molecule has 3 aromatic rings. The van der Waals surface area contributed by atoms with Crippen molar-refractivity contribution in [2.75, 3.05) is 13.3 Å². The number of ether oxygens (including phenoxy) is 2. The standard InChI is InChI=1S/C25H24N2O4S/c28-24(26(15-21-7-4-12-32-21)14-18-5-2-1-3-6-18)16-27(20-9-10-20)25(29)19-8-11-22-23(13-19)31-17-30-22/h1-8,11-13,20H,9-10,14-17H2. The summed E-state index contributed by atoms with van der Waals surface area (Å²) >= 11 is 1.63. The molecular formula is C25H24N2O4S. The molecule has 0 unspecified atom stereocenters. The number of amides is 2. The van der Waals surface area contributed by atoms with Gasteiger partial charge in [0.05, 0.1) is 6.54 Å². The summed E-state index contributed by atoms with van der Waals surface area (Å²) < 4.78 is 10.8. The molecule has 0 atom stereocenters. The molecule has 1 aliphatic carbocycles. The molecule has 2 heterocycles. The van der Waals surface area contributed by atoms with Crippen molar-refractivity contribution in [3.63, 3.8) is 0 Å². The average Bonchev–Trinajstić information content (AvgIpc) is 3.31. The second-order valence-corrected chi connectivity index (χ2v) is 9.08. The lowest BCUT2D eigenvalue weighted by molar-refractivity contribution is -0.133. The summed E-state index contributed by atoms with van der Waals surface area (Å²) in [7, 11) is 0. The van der Waals surface area contributed by atoms with Crippen molar-refractivity contribution in [2.45, 2.75) is 32.0 Å². The Labute approximate surface area is 191 Å². The fourth-order valence-electron chi connectivity index (χ4n) is 3.82. The Bertz CT molecular complexity index is 1100. The minimum Gasteiger partial charge on any atom is -0.454 e. The summed E-state index contributed by atoms with van der Waals surface area (Å²) in [6.07, 6.45) is 1.85. The number of hydrogen-bond donors (Lipinski definition) is 0. The van der Waals surface area contributed by atoms with E-state index < -0.39 is 0 Å². The molecule has 1 aliphatic heterocycles. The van der Waals surface area contributed by atoms with E-state index in [0.717, 1.165) is 23.3 Å². The average molecular weight is 449 g/mol. The fraction of sp³-hybridized carbons (Fsp3) is 0.280. The third-order valence-corrected chi connectivity index (χ3v) is 6.53. The number of fused-ring (bicyclic) bond motifs is 1. The van der Waals surface area contributed by atoms with E-state index in [4.69, 9.17) is 9.47 Å². The first kappa shape index (κ1) is 20.6. The van der Waals surface area contributed by atoms with Gasteiger partial charge < -0.3 is 19.3 Å². The lowest BCUT2D eigenvalue weighted by Crippen LogP contribution is -2.43. The van der Waals surface area contributed by atoms with Crippen molar-refractivity contribution in [1.82, 2.24) is 9.80 Å². The molecule has 0 spiro atoms. The van der Waals surface area contributed by atoms with E-state index in [1.165, 1.54) is 0 Å². The maximum absolute atomic E-state index is 13.4. The van der Waals surface area contributed by atoms with Gasteiger partial charge in [-0.3, -0.25) is 9.59 Å². The van der Waals surface area contributed by atoms with Crippen LogP contribution in [0.2, 0.25) is 0 Å². The van der Waals surface area contributed by atoms with Gasteiger partial charge in [-0.25, -0.2) is 0 Å². The molecule has 164 valence electrons. The SMILES string of the molecule is O=C(CN(C(=O)c1ccc2c(c1)OCO2)C1CC1)N(Cc1ccccc1)Cc1cccs1. The predicted molar refractivity (Wildman–Crippen MR) is 122 cm³/mol. The van der Waals surface area contributed by atoms with Gasteiger partial charge in [0.2, 0.25) is 12.7 Å². The maximum atomic E-state index is 13.4. The highest BCUT2D eigenvalue weighted by Crippen LogP contribution is 2.34. The van der Waals surface area contributed by atoms with E-state index >= 15 is 0 Å². The number of rotatable bonds is 8. The van der Waals surface area contributed by atoms with Gasteiger partial charge in [0.25, 0.3) is 5.91 Å². The second-order valence-electron chi connectivity index (χ2n) is 8.05. The Kier molecular flexibility index (Phi) is 5.81. The molecule has 6 nitrogen and oxygen atoms in total. The first-order valence-corrected chi connectivity index (χ1v) is 11.6. The number of thiophene rings is 1. The van der Waals surface area contributed by atoms with E-state index in [2.05, 4.69) is 0 Å². The molecule has 1 aromatic heterocycles. The molecule has 5 rings (SSSR count). The fourth-order valence-corrected chi connectivity index (χ4v) is 4.54. The number of benzene rings is 2. The van der Waals surface area contributed by atoms with Crippen molar-refractivity contribution in [3.05, 3.63) is 82.0 Å². The zero-order chi connectivity index (χ0) is 21.9. The Hall–Kier alpha value is -3.32. The zero-order valence-corrected chi connectivity index (χ0v) is 18.4. The first-order chi connectivity index (χ1) is 15.7. The minimum atomic E-state index is -0.144. The van der Waals surface area contributed by atoms with Gasteiger partial charge in [-0.15, -0.1) is 11.3 Å². The largest absolute Gasteiger partial charge is 0.454 e. The summed E-state index contributed by atoms with van der Waals surface area (Å²) in [4.78, 5) is 31.4. The lowest BCUT2D eigenvalue weighted by Gasteiger charge is -2.28. The molecule has 7 heteroatoms. The highest BCUT2D eigenvalue weighted by atomic mass is 32.1. The second kappa shape index (κ2) is 9.04. The van der Waals surface area contributed by atoms with Crippen LogP contribution in [0.1, 0.15) is 33.6 Å². The third-order valence-electron chi connectivity index (χ3n) is 5.67. The van der Waals surface area contributed by atoms with Crippen molar-refractivity contribution < 1.29 is 19.1 Å². The smallest absolute Gasteiger partial charge is 0.254 e. The van der Waals surface area contributed by atoms with Gasteiger partial charge in [0.1, 0.15) is 6.54 Å². The zero-order valence-electron chi connectivity index (χ0n) is 17.6. The highest BCUT2D eigenvalue weighted by molar-refractivity contribution is 7.09. The number of carbonyl (C=O) groups excluding carboxylic acids is 2. The minimum absolute atomic E-state index is 0.0525. The molecule has 0 radical (unpaired) electrons. The van der Waals surface area contributed by atoms with Crippen LogP contribution in [-0.2, 0) is 17.9 Å². The van der Waals surface area contributed by atoms with Gasteiger partial charge >= 0.3 is 0 Å². The van der Waals surface area contributed by atoms with Crippen LogP contribution in [0.25, 0.3) is 0 Å². The van der Waals surface area contributed by atoms with Crippen LogP contribution < -0.4 is 9.47 Å². The number of carbonyl (C=O) groups is 2. The van der Waals surface area contributed by atoms with Crippen LogP contribution in [0.5, 0.6) is 11.5 Å². The summed E-state index contributed by atoms with van der Waals surface area (Å²) in [5, 5.41) is 2.01. The summed E-state index contributed by atoms with van der Waals surface area (Å²) in [5.74, 6) is 1.01. The molecule has 2 aromatic carbocycles. The third kappa shape index (κ3) is 4.62. The Morgan fingerprint density at radius 1 is 0.938 bits per heavy atom. The summed E-state index contributed by atoms with van der Waals surface area (Å²) in [6, 6.07) is 19.3. The topological polar surface area (TPSA) is 59.1 Å². The van der Waals surface area contributed by atoms with Crippen molar-refractivity contribution >= 4 is 23.2 Å². The van der Waals surface area contributed by atoms with E-state index in [9.17, 15) is 9.59 Å². The highest BCUT2D eigenvalue weighted by Gasteiger charge is 2.35. The summed E-state index contributed by atoms with van der Waals surface area (Å²) in [6.45, 7) is 1.27. The van der Waals surface area contributed by atoms with Gasteiger partial charge in [-0.05, 0) is 48.1 Å². The summed E-state index contributed by atoms with van der Waals surface area (Å²) in [5.41, 5.74) is 1.58. The van der Waals surface area contributed by atoms with Crippen LogP contribution in [0, 0.1) is 0 Å². The molecule has 1 fully saturated rings. The normalized spacial score (nSPS) is 14.2. The monoisotopic (exact) mass is 448 g/mol. The van der Waals surface area contributed by atoms with Crippen molar-refractivity contribution in [1.29, 1.82) is 0 Å². The van der Waals surface area contributed by atoms with Crippen LogP contribution in [0.15, 0.2) is 66.0 Å². The number of hydrogen-bond acceptors (Lipinski definition) is 5. The Morgan fingerprint density at radius 3 is 2.50 bits per heavy atom. The van der Waals surface area contributed by atoms with Crippen LogP contribution >= 0.6 is 11.3 Å². The molecule has 2 amide bonds. The van der Waals surface area contributed by atoms with E-state index in [1.807, 2.05) is 52.7 Å². The quantitative estimate of drug-likeness (QED) is 0.515. The van der Waals surface area contributed by atoms with Gasteiger partial charge in [0.15, 0.2) is 11.5 Å². The van der Waals surface area contributed by atoms with Crippen molar-refractivity contribution in [2.24, 2.45) is 0 Å². The Balaban J connectivity index is 1.34. The number of nitrogens with zero attached hydrogens (tertiary/aromatic N) is 2. The van der Waals surface area contributed by atoms with E-state index in [1.54, 1.807) is 34.4 Å². The van der Waals surface area contributed by atoms with Crippen LogP contribution in [0.3, 0.4) is 0 Å². The van der Waals surface area contributed by atoms with Crippen LogP contribution in [0.4, 0.5) is 0 Å². The Morgan fingerprint density at radius 2 is 1.75 bits per heavy atom. The maximum Gasteiger partial charge on any atom is 0.254 e. The molecule has 32 heavy (non-hydrogen) atoms. The van der Waals surface area contributed by atoms with Crippen molar-refractivity contribution in [3.8, 4) is 11.5 Å². The van der Waals surface area contributed by atoms with Gasteiger partial charge in [0, 0.05) is 23.0 Å². The molecule has 2 aliphatic rings. The molecular weight excluding hydrogens is 424 g/mol. The van der Waals surface area contributed by atoms with Crippen LogP contribution in [-0.4, -0.2) is 41.0 Å². The molecule has 0 saturated heterocycles. The van der Waals surface area contributed by atoms with E-state index in [0.29, 0.717) is 30.2 Å². The first-order valence-electron chi connectivity index (χ1n) is 10.7. The van der Waals surface area contributed by atoms with Gasteiger partial charge in [-0.1, -0.05) is 36.4 Å². The van der Waals surface area contributed by atoms with E-state index in [-0.39, 0.29) is 31.2 Å². The van der Waals surface area contributed by atoms with Gasteiger partial charge in [-0.2, -0.15) is 0 Å². The predicted octanol–water partition coefficient (Wildman–Crippen LogP) is 4.31. The molecule has 1 saturated carbocycles. The molecule has 0 N–H and O–H groups in total. The molecule has 0 bridgehead atoms.